The zero-order chi connectivity index (χ0) is 31.6. The maximum absolute atomic E-state index is 12.2. The number of anilines is 4. The fourth-order valence-electron chi connectivity index (χ4n) is 4.04. The maximum Gasteiger partial charge on any atom is 0.335 e. The highest BCUT2D eigenvalue weighted by atomic mass is 35.5. The zero-order valence-electron chi connectivity index (χ0n) is 24.3. The maximum atomic E-state index is 12.2. The Morgan fingerprint density at radius 2 is 1.49 bits per heavy atom. The number of nitrogens with zero attached hydrogens (tertiary/aromatic N) is 1. The summed E-state index contributed by atoms with van der Waals surface area (Å²) in [7, 11) is 0. The van der Waals surface area contributed by atoms with Crippen molar-refractivity contribution in [1.29, 1.82) is 0 Å². The molecule has 0 spiro atoms. The number of amides is 4. The van der Waals surface area contributed by atoms with E-state index in [0.717, 1.165) is 12.8 Å². The van der Waals surface area contributed by atoms with Crippen LogP contribution in [0.5, 0.6) is 0 Å². The Labute approximate surface area is 255 Å². The molecule has 1 saturated heterocycles. The third-order valence-electron chi connectivity index (χ3n) is 6.33. The van der Waals surface area contributed by atoms with E-state index in [1.807, 2.05) is 0 Å². The SMILES string of the molecule is CC(C)(C)CCC(=O)Nc1ccc(C(=O)O)cc1.O=C(Nc1ccccc1)C(=O)Nc1cc(Cl)ccc1N1CCCC1=O. The molecule has 1 heterocycles. The van der Waals surface area contributed by atoms with Crippen LogP contribution in [-0.4, -0.2) is 41.2 Å². The van der Waals surface area contributed by atoms with Crippen molar-refractivity contribution in [3.05, 3.63) is 83.4 Å². The highest BCUT2D eigenvalue weighted by Crippen LogP contribution is 2.32. The van der Waals surface area contributed by atoms with Gasteiger partial charge in [0.05, 0.1) is 16.9 Å². The monoisotopic (exact) mass is 606 g/mol. The second-order valence-corrected chi connectivity index (χ2v) is 11.5. The molecule has 226 valence electrons. The van der Waals surface area contributed by atoms with Gasteiger partial charge in [-0.05, 0) is 72.9 Å². The van der Waals surface area contributed by atoms with Crippen LogP contribution < -0.4 is 20.9 Å². The molecule has 4 amide bonds. The van der Waals surface area contributed by atoms with Gasteiger partial charge in [-0.3, -0.25) is 19.2 Å². The molecule has 43 heavy (non-hydrogen) atoms. The van der Waals surface area contributed by atoms with E-state index < -0.39 is 17.8 Å². The first kappa shape index (κ1) is 32.8. The van der Waals surface area contributed by atoms with Crippen LogP contribution in [0.1, 0.15) is 56.8 Å². The molecule has 3 aromatic rings. The molecule has 0 atom stereocenters. The summed E-state index contributed by atoms with van der Waals surface area (Å²) in [6.45, 7) is 6.82. The lowest BCUT2D eigenvalue weighted by molar-refractivity contribution is -0.132. The molecular formula is C32H35ClN4O6. The second-order valence-electron chi connectivity index (χ2n) is 11.1. The highest BCUT2D eigenvalue weighted by molar-refractivity contribution is 6.44. The van der Waals surface area contributed by atoms with Crippen LogP contribution in [0.25, 0.3) is 0 Å². The van der Waals surface area contributed by atoms with Gasteiger partial charge in [0.2, 0.25) is 11.8 Å². The van der Waals surface area contributed by atoms with Crippen LogP contribution in [0.3, 0.4) is 0 Å². The molecule has 0 unspecified atom stereocenters. The molecule has 0 saturated carbocycles. The van der Waals surface area contributed by atoms with Crippen molar-refractivity contribution in [1.82, 2.24) is 0 Å². The van der Waals surface area contributed by atoms with Crippen LogP contribution in [0.4, 0.5) is 22.7 Å². The number of carbonyl (C=O) groups is 5. The predicted octanol–water partition coefficient (Wildman–Crippen LogP) is 6.19. The number of nitrogens with one attached hydrogen (secondary N) is 3. The number of carbonyl (C=O) groups excluding carboxylic acids is 4. The van der Waals surface area contributed by atoms with Gasteiger partial charge in [-0.2, -0.15) is 0 Å². The van der Waals surface area contributed by atoms with E-state index in [1.54, 1.807) is 59.5 Å². The number of aromatic carboxylic acids is 1. The van der Waals surface area contributed by atoms with Gasteiger partial charge >= 0.3 is 17.8 Å². The molecule has 3 aromatic carbocycles. The topological polar surface area (TPSA) is 145 Å². The number of hydrogen-bond acceptors (Lipinski definition) is 5. The standard InChI is InChI=1S/C18H16ClN3O3.C14H19NO3/c19-12-8-9-15(22-10-4-7-16(22)23)14(11-12)21-18(25)17(24)20-13-5-2-1-3-6-13;1-14(2,3)9-8-12(16)15-11-6-4-10(5-7-11)13(17)18/h1-3,5-6,8-9,11H,4,7,10H2,(H,20,24)(H,21,25);4-7H,8-9H2,1-3H3,(H,15,16)(H,17,18). The molecule has 0 bridgehead atoms. The first-order valence-electron chi connectivity index (χ1n) is 13.7. The summed E-state index contributed by atoms with van der Waals surface area (Å²) in [5, 5.41) is 16.9. The Morgan fingerprint density at radius 1 is 0.860 bits per heavy atom. The second kappa shape index (κ2) is 15.0. The van der Waals surface area contributed by atoms with Gasteiger partial charge in [-0.25, -0.2) is 4.79 Å². The number of halogens is 1. The van der Waals surface area contributed by atoms with Crippen molar-refractivity contribution in [3.63, 3.8) is 0 Å². The normalized spacial score (nSPS) is 12.6. The molecule has 1 aliphatic heterocycles. The highest BCUT2D eigenvalue weighted by Gasteiger charge is 2.25. The van der Waals surface area contributed by atoms with Crippen molar-refractivity contribution in [2.45, 2.75) is 46.5 Å². The Hall–Kier alpha value is -4.70. The van der Waals surface area contributed by atoms with E-state index in [1.165, 1.54) is 18.2 Å². The Balaban J connectivity index is 0.000000250. The number of hydrogen-bond donors (Lipinski definition) is 4. The van der Waals surface area contributed by atoms with Crippen molar-refractivity contribution in [2.24, 2.45) is 5.41 Å². The van der Waals surface area contributed by atoms with Crippen molar-refractivity contribution >= 4 is 63.9 Å². The Morgan fingerprint density at radius 3 is 2.07 bits per heavy atom. The van der Waals surface area contributed by atoms with Gasteiger partial charge in [0.25, 0.3) is 0 Å². The third-order valence-corrected chi connectivity index (χ3v) is 6.56. The summed E-state index contributed by atoms with van der Waals surface area (Å²) in [5.41, 5.74) is 2.35. The first-order chi connectivity index (χ1) is 20.3. The van der Waals surface area contributed by atoms with Crippen LogP contribution in [-0.2, 0) is 19.2 Å². The number of benzene rings is 3. The average molecular weight is 607 g/mol. The van der Waals surface area contributed by atoms with Gasteiger partial charge in [-0.1, -0.05) is 50.6 Å². The Bertz CT molecular complexity index is 1470. The lowest BCUT2D eigenvalue weighted by atomic mass is 9.90. The molecule has 0 aliphatic carbocycles. The summed E-state index contributed by atoms with van der Waals surface area (Å²) in [5.74, 6) is -2.68. The summed E-state index contributed by atoms with van der Waals surface area (Å²) in [6, 6.07) is 19.6. The minimum Gasteiger partial charge on any atom is -0.478 e. The molecule has 4 rings (SSSR count). The van der Waals surface area contributed by atoms with Crippen molar-refractivity contribution in [2.75, 3.05) is 27.4 Å². The fraction of sp³-hybridized carbons (Fsp3) is 0.281. The van der Waals surface area contributed by atoms with E-state index in [4.69, 9.17) is 16.7 Å². The van der Waals surface area contributed by atoms with E-state index >= 15 is 0 Å². The molecule has 1 fully saturated rings. The molecule has 4 N–H and O–H groups in total. The van der Waals surface area contributed by atoms with Crippen LogP contribution in [0.15, 0.2) is 72.8 Å². The molecule has 10 nitrogen and oxygen atoms in total. The average Bonchev–Trinajstić information content (AvgIpc) is 3.38. The van der Waals surface area contributed by atoms with Gasteiger partial charge in [-0.15, -0.1) is 0 Å². The summed E-state index contributed by atoms with van der Waals surface area (Å²) >= 11 is 6.00. The smallest absolute Gasteiger partial charge is 0.335 e. The summed E-state index contributed by atoms with van der Waals surface area (Å²) in [6.07, 6.45) is 2.49. The van der Waals surface area contributed by atoms with E-state index in [9.17, 15) is 24.0 Å². The molecular weight excluding hydrogens is 572 g/mol. The van der Waals surface area contributed by atoms with Gasteiger partial charge in [0.1, 0.15) is 0 Å². The van der Waals surface area contributed by atoms with Crippen LogP contribution >= 0.6 is 11.6 Å². The number of carboxylic acids is 1. The lowest BCUT2D eigenvalue weighted by Gasteiger charge is -2.20. The third kappa shape index (κ3) is 10.6. The lowest BCUT2D eigenvalue weighted by Crippen LogP contribution is -2.31. The van der Waals surface area contributed by atoms with Crippen molar-refractivity contribution < 1.29 is 29.1 Å². The minimum atomic E-state index is -0.972. The predicted molar refractivity (Wildman–Crippen MR) is 167 cm³/mol. The van der Waals surface area contributed by atoms with Gasteiger partial charge < -0.3 is 26.0 Å². The summed E-state index contributed by atoms with van der Waals surface area (Å²) < 4.78 is 0. The molecule has 1 aliphatic rings. The number of para-hydroxylation sites is 1. The Kier molecular flexibility index (Phi) is 11.4. The molecule has 11 heteroatoms. The van der Waals surface area contributed by atoms with E-state index in [0.29, 0.717) is 47.2 Å². The molecule has 0 aromatic heterocycles. The number of carboxylic acid groups (broad SMARTS) is 1. The quantitative estimate of drug-likeness (QED) is 0.236. The zero-order valence-corrected chi connectivity index (χ0v) is 25.0. The largest absolute Gasteiger partial charge is 0.478 e. The van der Waals surface area contributed by atoms with E-state index in [-0.39, 0.29) is 22.8 Å². The fourth-order valence-corrected chi connectivity index (χ4v) is 4.22. The van der Waals surface area contributed by atoms with E-state index in [2.05, 4.69) is 36.7 Å². The first-order valence-corrected chi connectivity index (χ1v) is 14.1. The molecule has 0 radical (unpaired) electrons. The van der Waals surface area contributed by atoms with Crippen LogP contribution in [0, 0.1) is 5.41 Å². The number of rotatable bonds is 7. The minimum absolute atomic E-state index is 0.0217. The van der Waals surface area contributed by atoms with Gasteiger partial charge in [0.15, 0.2) is 0 Å². The van der Waals surface area contributed by atoms with Gasteiger partial charge in [0, 0.05) is 35.8 Å². The summed E-state index contributed by atoms with van der Waals surface area (Å²) in [4.78, 5) is 60.1. The van der Waals surface area contributed by atoms with Crippen LogP contribution in [0.2, 0.25) is 5.02 Å². The van der Waals surface area contributed by atoms with Crippen molar-refractivity contribution in [3.8, 4) is 0 Å².